The van der Waals surface area contributed by atoms with Crippen LogP contribution in [0.3, 0.4) is 0 Å². The van der Waals surface area contributed by atoms with Gasteiger partial charge >= 0.3 is 6.72 Å². The van der Waals surface area contributed by atoms with Gasteiger partial charge in [-0.3, -0.25) is 0 Å². The molecule has 2 nitrogen and oxygen atoms in total. The first-order valence-corrected chi connectivity index (χ1v) is 9.08. The Kier molecular flexibility index (Phi) is 4.02. The number of hydrogen-bond acceptors (Lipinski definition) is 2. The van der Waals surface area contributed by atoms with E-state index in [2.05, 4.69) is 0 Å². The molecule has 0 bridgehead atoms. The predicted molar refractivity (Wildman–Crippen MR) is 45.8 cm³/mol. The Morgan fingerprint density at radius 2 is 1.11 bits per heavy atom. The van der Waals surface area contributed by atoms with Gasteiger partial charge in [-0.15, -0.1) is 0 Å². The zero-order valence-corrected chi connectivity index (χ0v) is 8.74. The van der Waals surface area contributed by atoms with Gasteiger partial charge < -0.3 is 9.13 Å². The molecule has 54 valence electrons. The molecule has 0 N–H and O–H groups in total. The zero-order chi connectivity index (χ0) is 7.71. The highest BCUT2D eigenvalue weighted by atomic mass is 35.9. The van der Waals surface area contributed by atoms with Crippen molar-refractivity contribution in [3.05, 3.63) is 0 Å². The number of halogens is 4. The zero-order valence-electron chi connectivity index (χ0n) is 3.93. The second-order valence-electron chi connectivity index (χ2n) is 1.28. The smallest absolute Gasteiger partial charge is 0.300 e. The molecule has 0 amide bonds. The van der Waals surface area contributed by atoms with Crippen molar-refractivity contribution in [1.29, 1.82) is 0 Å². The maximum Gasteiger partial charge on any atom is 0.350 e. The van der Waals surface area contributed by atoms with Crippen molar-refractivity contribution in [2.75, 3.05) is 0 Å². The fraction of sp³-hybridized carbons (Fsp3) is 0. The molecule has 0 saturated heterocycles. The molecule has 0 rings (SSSR count). The Morgan fingerprint density at radius 3 is 1.11 bits per heavy atom. The lowest BCUT2D eigenvalue weighted by Gasteiger charge is -1.97. The third-order valence-electron chi connectivity index (χ3n) is 0.329. The van der Waals surface area contributed by atoms with E-state index in [0.717, 1.165) is 0 Å². The van der Waals surface area contributed by atoms with Crippen molar-refractivity contribution >= 4 is 63.1 Å². The first kappa shape index (κ1) is 10.7. The molecule has 0 fully saturated rings. The molecular weight excluding hydrogens is 247 g/mol. The van der Waals surface area contributed by atoms with Crippen molar-refractivity contribution in [2.24, 2.45) is 0 Å². The Balaban J connectivity index is 4.07. The molecule has 9 heavy (non-hydrogen) atoms. The van der Waals surface area contributed by atoms with Gasteiger partial charge in [0.2, 0.25) is 11.5 Å². The van der Waals surface area contributed by atoms with E-state index in [1.54, 1.807) is 0 Å². The lowest BCUT2D eigenvalue weighted by molar-refractivity contribution is 0.598. The van der Waals surface area contributed by atoms with Crippen LogP contribution in [-0.4, -0.2) is 6.72 Å². The van der Waals surface area contributed by atoms with Crippen LogP contribution < -0.4 is 0 Å². The summed E-state index contributed by atoms with van der Waals surface area (Å²) in [7, 11) is 0. The second-order valence-corrected chi connectivity index (χ2v) is 12.3. The highest BCUT2D eigenvalue weighted by molar-refractivity contribution is 8.48. The largest absolute Gasteiger partial charge is 0.350 e. The summed E-state index contributed by atoms with van der Waals surface area (Å²) in [6.45, 7) is -0.535. The van der Waals surface area contributed by atoms with Gasteiger partial charge in [0.1, 0.15) is 0 Å². The van der Waals surface area contributed by atoms with Crippen LogP contribution in [0.5, 0.6) is 0 Å². The van der Waals surface area contributed by atoms with Gasteiger partial charge in [-0.05, 0) is 45.0 Å². The fourth-order valence-electron chi connectivity index (χ4n) is 0.192. The molecule has 0 spiro atoms. The second kappa shape index (κ2) is 3.39. The molecule has 0 unspecified atom stereocenters. The molecule has 0 radical (unpaired) electrons. The summed E-state index contributed by atoms with van der Waals surface area (Å²) in [4.78, 5) is 0. The summed E-state index contributed by atoms with van der Waals surface area (Å²) in [5, 5.41) is 0. The van der Waals surface area contributed by atoms with Crippen molar-refractivity contribution in [2.45, 2.75) is 0 Å². The minimum atomic E-state index is -3.37. The first-order chi connectivity index (χ1) is 3.71. The maximum atomic E-state index is 10.4. The van der Waals surface area contributed by atoms with E-state index in [1.807, 2.05) is 0 Å². The topological polar surface area (TPSA) is 34.1 Å². The van der Waals surface area contributed by atoms with E-state index in [4.69, 9.17) is 45.0 Å². The van der Waals surface area contributed by atoms with Crippen molar-refractivity contribution in [3.63, 3.8) is 0 Å². The van der Waals surface area contributed by atoms with E-state index in [1.165, 1.54) is 0 Å². The Bertz CT molecular complexity index is 157. The van der Waals surface area contributed by atoms with E-state index in [-0.39, 0.29) is 0 Å². The molecule has 0 aliphatic heterocycles. The SMILES string of the molecule is O=P(Cl)(Cl)BP(=O)(Cl)Cl. The van der Waals surface area contributed by atoms with Crippen LogP contribution in [0.2, 0.25) is 0 Å². The molecule has 0 aliphatic carbocycles. The van der Waals surface area contributed by atoms with Gasteiger partial charge in [0.15, 0.2) is 0 Å². The third kappa shape index (κ3) is 9.68. The van der Waals surface area contributed by atoms with Crippen LogP contribution in [0.15, 0.2) is 0 Å². The van der Waals surface area contributed by atoms with Crippen molar-refractivity contribution in [1.82, 2.24) is 0 Å². The van der Waals surface area contributed by atoms with Crippen LogP contribution >= 0.6 is 56.4 Å². The normalized spacial score (nSPS) is 13.3. The number of rotatable bonds is 2. The summed E-state index contributed by atoms with van der Waals surface area (Å²) in [6, 6.07) is 0. The third-order valence-corrected chi connectivity index (χ3v) is 6.81. The van der Waals surface area contributed by atoms with Gasteiger partial charge in [0.05, 0.1) is 0 Å². The highest BCUT2D eigenvalue weighted by Gasteiger charge is 2.30. The van der Waals surface area contributed by atoms with Crippen molar-refractivity contribution in [3.8, 4) is 0 Å². The molecule has 0 aliphatic rings. The Labute approximate surface area is 72.2 Å². The van der Waals surface area contributed by atoms with E-state index in [9.17, 15) is 9.13 Å². The average Bonchev–Trinajstić information content (AvgIpc) is 1.14. The maximum absolute atomic E-state index is 10.4. The predicted octanol–water partition coefficient (Wildman–Crippen LogP) is 3.59. The van der Waals surface area contributed by atoms with Gasteiger partial charge in [0.25, 0.3) is 0 Å². The lowest BCUT2D eigenvalue weighted by Crippen LogP contribution is -1.74. The quantitative estimate of drug-likeness (QED) is 0.552. The van der Waals surface area contributed by atoms with E-state index < -0.39 is 18.2 Å². The van der Waals surface area contributed by atoms with E-state index in [0.29, 0.717) is 0 Å². The Hall–Kier alpha value is 1.68. The van der Waals surface area contributed by atoms with Crippen LogP contribution in [0.4, 0.5) is 0 Å². The molecule has 0 aromatic rings. The van der Waals surface area contributed by atoms with Gasteiger partial charge in [-0.1, -0.05) is 0 Å². The number of hydrogen-bond donors (Lipinski definition) is 0. The van der Waals surface area contributed by atoms with Gasteiger partial charge in [0, 0.05) is 0 Å². The summed E-state index contributed by atoms with van der Waals surface area (Å²) in [5.74, 6) is 0. The molecule has 0 heterocycles. The monoisotopic (exact) mass is 246 g/mol. The van der Waals surface area contributed by atoms with Gasteiger partial charge in [-0.25, -0.2) is 0 Å². The summed E-state index contributed by atoms with van der Waals surface area (Å²) in [5.41, 5.74) is -6.74. The standard InChI is InChI=1S/BCl4HO2P2/c2-8(3,6)1-9(4,5)7/h1H. The molecule has 0 atom stereocenters. The minimum absolute atomic E-state index is 0.535. The van der Waals surface area contributed by atoms with Crippen LogP contribution in [0.25, 0.3) is 0 Å². The summed E-state index contributed by atoms with van der Waals surface area (Å²) in [6.07, 6.45) is 0. The van der Waals surface area contributed by atoms with Crippen LogP contribution in [-0.2, 0) is 9.13 Å². The fourth-order valence-corrected chi connectivity index (χ4v) is 9.11. The van der Waals surface area contributed by atoms with E-state index >= 15 is 0 Å². The van der Waals surface area contributed by atoms with Crippen molar-refractivity contribution < 1.29 is 9.13 Å². The molecule has 0 saturated carbocycles. The first-order valence-electron chi connectivity index (χ1n) is 1.67. The molecular formula is HBCl4O2P2. The van der Waals surface area contributed by atoms with Gasteiger partial charge in [-0.2, -0.15) is 0 Å². The lowest BCUT2D eigenvalue weighted by atomic mass is 10.7. The highest BCUT2D eigenvalue weighted by Crippen LogP contribution is 2.69. The average molecular weight is 248 g/mol. The Morgan fingerprint density at radius 1 is 0.889 bits per heavy atom. The van der Waals surface area contributed by atoms with Crippen LogP contribution in [0, 0.1) is 0 Å². The minimum Gasteiger partial charge on any atom is -0.300 e. The molecule has 0 aromatic carbocycles. The molecule has 9 heteroatoms. The molecule has 0 aromatic heterocycles. The van der Waals surface area contributed by atoms with Crippen LogP contribution in [0.1, 0.15) is 0 Å². The summed E-state index contributed by atoms with van der Waals surface area (Å²) >= 11 is 20.0. The summed E-state index contributed by atoms with van der Waals surface area (Å²) < 4.78 is 20.8.